The minimum atomic E-state index is -1.45. The van der Waals surface area contributed by atoms with E-state index in [1.807, 2.05) is 27.7 Å². The van der Waals surface area contributed by atoms with E-state index in [1.54, 1.807) is 18.7 Å². The Morgan fingerprint density at radius 1 is 0.796 bits per heavy atom. The molecule has 0 spiro atoms. The van der Waals surface area contributed by atoms with Gasteiger partial charge in [-0.15, -0.1) is 0 Å². The number of rotatable bonds is 23. The van der Waals surface area contributed by atoms with Crippen LogP contribution in [0, 0.1) is 17.8 Å². The average Bonchev–Trinajstić information content (AvgIpc) is 3.59. The first-order valence-corrected chi connectivity index (χ1v) is 19.1. The minimum absolute atomic E-state index is 0.0316. The summed E-state index contributed by atoms with van der Waals surface area (Å²) in [6, 6.07) is -5.65. The van der Waals surface area contributed by atoms with E-state index in [9.17, 15) is 38.7 Å². The predicted molar refractivity (Wildman–Crippen MR) is 204 cm³/mol. The van der Waals surface area contributed by atoms with Crippen LogP contribution in [0.5, 0.6) is 0 Å². The number of nitrogens with two attached hydrogens (primary N) is 2. The summed E-state index contributed by atoms with van der Waals surface area (Å²) in [6.45, 7) is 14.8. The van der Waals surface area contributed by atoms with Crippen molar-refractivity contribution in [1.82, 2.24) is 36.8 Å². The maximum absolute atomic E-state index is 13.9. The molecule has 1 saturated heterocycles. The number of amides is 7. The van der Waals surface area contributed by atoms with Crippen LogP contribution in [0.15, 0.2) is 4.99 Å². The summed E-state index contributed by atoms with van der Waals surface area (Å²) in [5, 5.41) is 26.5. The molecule has 0 aromatic carbocycles. The zero-order chi connectivity index (χ0) is 41.1. The second kappa shape index (κ2) is 24.0. The maximum Gasteiger partial charge on any atom is 0.245 e. The summed E-state index contributed by atoms with van der Waals surface area (Å²) >= 11 is 0. The molecule has 1 fully saturated rings. The lowest BCUT2D eigenvalue weighted by atomic mass is 9.96. The Kier molecular flexibility index (Phi) is 21.2. The molecule has 8 atom stereocenters. The Bertz CT molecular complexity index is 1310. The first-order valence-electron chi connectivity index (χ1n) is 19.1. The third-order valence-corrected chi connectivity index (χ3v) is 9.25. The Morgan fingerprint density at radius 2 is 1.39 bits per heavy atom. The molecule has 0 aliphatic carbocycles. The van der Waals surface area contributed by atoms with Crippen LogP contribution in [0.1, 0.15) is 100 Å². The van der Waals surface area contributed by atoms with Crippen LogP contribution < -0.4 is 43.4 Å². The van der Waals surface area contributed by atoms with Crippen molar-refractivity contribution in [3.8, 4) is 0 Å². The molecule has 18 heteroatoms. The van der Waals surface area contributed by atoms with E-state index in [2.05, 4.69) is 36.9 Å². The van der Waals surface area contributed by atoms with Gasteiger partial charge in [0.2, 0.25) is 41.4 Å². The lowest BCUT2D eigenvalue weighted by molar-refractivity contribution is -0.138. The van der Waals surface area contributed by atoms with Gasteiger partial charge < -0.3 is 53.4 Å². The molecule has 0 unspecified atom stereocenters. The van der Waals surface area contributed by atoms with Gasteiger partial charge in [-0.05, 0) is 57.8 Å². The topological polar surface area (TPSA) is 280 Å². The summed E-state index contributed by atoms with van der Waals surface area (Å²) in [5.41, 5.74) is 10.9. The molecule has 1 aliphatic heterocycles. The number of guanidine groups is 1. The van der Waals surface area contributed by atoms with Crippen LogP contribution >= 0.6 is 0 Å². The van der Waals surface area contributed by atoms with E-state index in [-0.39, 0.29) is 62.0 Å². The monoisotopic (exact) mass is 767 g/mol. The van der Waals surface area contributed by atoms with Gasteiger partial charge in [-0.3, -0.25) is 38.6 Å². The number of hydrogen-bond donors (Lipinski definition) is 9. The molecule has 1 rings (SSSR count). The summed E-state index contributed by atoms with van der Waals surface area (Å²) in [7, 11) is 0. The summed E-state index contributed by atoms with van der Waals surface area (Å²) in [5.74, 6) is -4.56. The van der Waals surface area contributed by atoms with Crippen LogP contribution in [-0.2, 0) is 33.6 Å². The largest absolute Gasteiger partial charge is 0.391 e. The van der Waals surface area contributed by atoms with E-state index in [0.717, 1.165) is 0 Å². The molecule has 0 saturated carbocycles. The van der Waals surface area contributed by atoms with Crippen molar-refractivity contribution in [2.45, 2.75) is 137 Å². The lowest BCUT2D eigenvalue weighted by Gasteiger charge is -2.30. The molecule has 7 amide bonds. The summed E-state index contributed by atoms with van der Waals surface area (Å²) in [6.07, 6.45) is 1.07. The zero-order valence-electron chi connectivity index (χ0n) is 33.3. The highest BCUT2D eigenvalue weighted by Crippen LogP contribution is 2.19. The van der Waals surface area contributed by atoms with E-state index in [1.165, 1.54) is 13.8 Å². The highest BCUT2D eigenvalue weighted by molar-refractivity contribution is 5.96. The number of aliphatic hydroxyl groups excluding tert-OH is 1. The van der Waals surface area contributed by atoms with Crippen molar-refractivity contribution < 1.29 is 38.7 Å². The van der Waals surface area contributed by atoms with Gasteiger partial charge in [0.25, 0.3) is 0 Å². The highest BCUT2D eigenvalue weighted by atomic mass is 16.3. The van der Waals surface area contributed by atoms with Crippen molar-refractivity contribution in [2.75, 3.05) is 26.2 Å². The van der Waals surface area contributed by atoms with Crippen molar-refractivity contribution in [3.63, 3.8) is 0 Å². The molecular formula is C36H66N10O8. The lowest BCUT2D eigenvalue weighted by Crippen LogP contribution is -2.61. The van der Waals surface area contributed by atoms with Gasteiger partial charge in [-0.25, -0.2) is 0 Å². The molecule has 18 nitrogen and oxygen atoms in total. The first kappa shape index (κ1) is 47.5. The first-order chi connectivity index (χ1) is 25.4. The fourth-order valence-electron chi connectivity index (χ4n) is 6.12. The van der Waals surface area contributed by atoms with E-state index in [4.69, 9.17) is 11.5 Å². The van der Waals surface area contributed by atoms with Gasteiger partial charge in [0.05, 0.1) is 12.0 Å². The van der Waals surface area contributed by atoms with Crippen molar-refractivity contribution in [3.05, 3.63) is 0 Å². The number of hydrogen-bond acceptors (Lipinski definition) is 9. The van der Waals surface area contributed by atoms with Crippen molar-refractivity contribution in [2.24, 2.45) is 34.2 Å². The third kappa shape index (κ3) is 16.3. The second-order valence-electron chi connectivity index (χ2n) is 14.5. The predicted octanol–water partition coefficient (Wildman–Crippen LogP) is -1.26. The standard InChI is InChI=1S/C36H66N10O8/c1-9-13-25(42-34(53)29(22(7)47)45-32(51)27(18-20(4)5)41-23(8)48)31(50)44-28(21(6)10-2)33(52)43-26(14-12-16-40-36(37)38)35(54)46-17-15-24(19-46)30(49)39-11-3/h20-22,24-29,47H,9-19H2,1-8H3,(H,39,49)(H,41,48)(H,42,53)(H,43,52)(H,44,50)(H,45,51)(H4,37,38,40)/t21-,22+,24+,25-,26-,27+,28-,29-/m0/s1. The van der Waals surface area contributed by atoms with Gasteiger partial charge >= 0.3 is 0 Å². The fourth-order valence-corrected chi connectivity index (χ4v) is 6.12. The van der Waals surface area contributed by atoms with Crippen LogP contribution in [0.3, 0.4) is 0 Å². The number of nitrogens with one attached hydrogen (secondary N) is 6. The molecule has 0 bridgehead atoms. The third-order valence-electron chi connectivity index (χ3n) is 9.25. The maximum atomic E-state index is 13.9. The molecule has 308 valence electrons. The molecule has 0 aromatic rings. The Hall–Kier alpha value is -4.48. The van der Waals surface area contributed by atoms with Gasteiger partial charge in [0.1, 0.15) is 30.2 Å². The quantitative estimate of drug-likeness (QED) is 0.0338. The number of aliphatic imine (C=N–C) groups is 1. The normalized spacial score (nSPS) is 17.8. The second-order valence-corrected chi connectivity index (χ2v) is 14.5. The van der Waals surface area contributed by atoms with Crippen LogP contribution in [0.4, 0.5) is 0 Å². The molecule has 1 heterocycles. The number of carbonyl (C=O) groups excluding carboxylic acids is 7. The number of nitrogens with zero attached hydrogens (tertiary/aromatic N) is 2. The Balaban J connectivity index is 3.23. The SMILES string of the molecule is CCC[C@H](NC(=O)[C@@H](NC(=O)[C@@H](CC(C)C)NC(C)=O)[C@@H](C)O)C(=O)N[C@H](C(=O)N[C@@H](CCCN=C(N)N)C(=O)N1CC[C@@H](C(=O)NCC)C1)[C@@H](C)CC. The molecule has 54 heavy (non-hydrogen) atoms. The van der Waals surface area contributed by atoms with E-state index < -0.39 is 71.8 Å². The van der Waals surface area contributed by atoms with Crippen LogP contribution in [0.2, 0.25) is 0 Å². The van der Waals surface area contributed by atoms with E-state index >= 15 is 0 Å². The van der Waals surface area contributed by atoms with E-state index in [0.29, 0.717) is 38.8 Å². The average molecular weight is 767 g/mol. The Labute approximate surface area is 319 Å². The van der Waals surface area contributed by atoms with Crippen molar-refractivity contribution >= 4 is 47.3 Å². The molecule has 11 N–H and O–H groups in total. The molecule has 0 aromatic heterocycles. The summed E-state index contributed by atoms with van der Waals surface area (Å²) in [4.78, 5) is 97.8. The van der Waals surface area contributed by atoms with Crippen molar-refractivity contribution in [1.29, 1.82) is 0 Å². The minimum Gasteiger partial charge on any atom is -0.391 e. The number of likely N-dealkylation sites (tertiary alicyclic amines) is 1. The summed E-state index contributed by atoms with van der Waals surface area (Å²) < 4.78 is 0. The molecule has 0 radical (unpaired) electrons. The molecular weight excluding hydrogens is 700 g/mol. The molecule has 1 aliphatic rings. The highest BCUT2D eigenvalue weighted by Gasteiger charge is 2.37. The fraction of sp³-hybridized carbons (Fsp3) is 0.778. The number of aliphatic hydroxyl groups is 1. The smallest absolute Gasteiger partial charge is 0.245 e. The van der Waals surface area contributed by atoms with Gasteiger partial charge in [0.15, 0.2) is 5.96 Å². The zero-order valence-corrected chi connectivity index (χ0v) is 33.3. The van der Waals surface area contributed by atoms with Gasteiger partial charge in [-0.2, -0.15) is 0 Å². The Morgan fingerprint density at radius 3 is 1.93 bits per heavy atom. The van der Waals surface area contributed by atoms with Gasteiger partial charge in [-0.1, -0.05) is 47.5 Å². The number of carbonyl (C=O) groups is 7. The van der Waals surface area contributed by atoms with Crippen LogP contribution in [0.25, 0.3) is 0 Å². The van der Waals surface area contributed by atoms with Crippen LogP contribution in [-0.4, -0.2) is 120 Å². The van der Waals surface area contributed by atoms with Gasteiger partial charge in [0, 0.05) is 33.1 Å².